The van der Waals surface area contributed by atoms with Gasteiger partial charge in [0.25, 0.3) is 0 Å². The van der Waals surface area contributed by atoms with Gasteiger partial charge < -0.3 is 4.98 Å². The fourth-order valence-electron chi connectivity index (χ4n) is 3.93. The van der Waals surface area contributed by atoms with Crippen LogP contribution in [0.2, 0.25) is 0 Å². The zero-order chi connectivity index (χ0) is 14.9. The van der Waals surface area contributed by atoms with Gasteiger partial charge in [-0.15, -0.1) is 0 Å². The number of carbonyl (C=O) groups is 1. The number of ketones is 1. The third-order valence-electron chi connectivity index (χ3n) is 5.28. The van der Waals surface area contributed by atoms with Gasteiger partial charge in [-0.05, 0) is 31.7 Å². The van der Waals surface area contributed by atoms with E-state index in [9.17, 15) is 4.79 Å². The van der Waals surface area contributed by atoms with Gasteiger partial charge in [-0.25, -0.2) is 0 Å². The number of carbonyl (C=O) groups excluding carboxylic acids is 1. The SMILES string of the molecule is O=C(CN(C1CCCCC1)C1CC1)c1c[nH]c2ccccc12. The number of para-hydroxylation sites is 1. The minimum absolute atomic E-state index is 0.273. The second-order valence-electron chi connectivity index (χ2n) is 6.87. The van der Waals surface area contributed by atoms with Crippen LogP contribution in [-0.2, 0) is 0 Å². The smallest absolute Gasteiger partial charge is 0.178 e. The summed E-state index contributed by atoms with van der Waals surface area (Å²) in [5, 5.41) is 1.06. The molecule has 0 amide bonds. The highest BCUT2D eigenvalue weighted by Crippen LogP contribution is 2.34. The molecule has 1 heterocycles. The molecule has 0 unspecified atom stereocenters. The number of nitrogens with one attached hydrogen (secondary N) is 1. The van der Waals surface area contributed by atoms with Crippen molar-refractivity contribution in [1.29, 1.82) is 0 Å². The number of aromatic amines is 1. The number of nitrogens with zero attached hydrogens (tertiary/aromatic N) is 1. The van der Waals surface area contributed by atoms with Gasteiger partial charge in [0.1, 0.15) is 0 Å². The zero-order valence-corrected chi connectivity index (χ0v) is 13.1. The summed E-state index contributed by atoms with van der Waals surface area (Å²) in [4.78, 5) is 18.6. The monoisotopic (exact) mass is 296 g/mol. The largest absolute Gasteiger partial charge is 0.360 e. The molecule has 2 aliphatic carbocycles. The maximum Gasteiger partial charge on any atom is 0.178 e. The fourth-order valence-corrected chi connectivity index (χ4v) is 3.93. The summed E-state index contributed by atoms with van der Waals surface area (Å²) >= 11 is 0. The maximum absolute atomic E-state index is 12.8. The average molecular weight is 296 g/mol. The van der Waals surface area contributed by atoms with Crippen molar-refractivity contribution < 1.29 is 4.79 Å². The molecule has 4 rings (SSSR count). The number of aromatic nitrogens is 1. The first-order valence-corrected chi connectivity index (χ1v) is 8.68. The van der Waals surface area contributed by atoms with E-state index in [0.29, 0.717) is 18.6 Å². The molecule has 1 N–H and O–H groups in total. The van der Waals surface area contributed by atoms with E-state index in [1.54, 1.807) is 0 Å². The summed E-state index contributed by atoms with van der Waals surface area (Å²) in [6.45, 7) is 0.594. The van der Waals surface area contributed by atoms with Gasteiger partial charge in [-0.3, -0.25) is 9.69 Å². The summed E-state index contributed by atoms with van der Waals surface area (Å²) in [5.41, 5.74) is 1.92. The van der Waals surface area contributed by atoms with E-state index >= 15 is 0 Å². The van der Waals surface area contributed by atoms with Crippen LogP contribution >= 0.6 is 0 Å². The van der Waals surface area contributed by atoms with Crippen molar-refractivity contribution in [3.63, 3.8) is 0 Å². The second kappa shape index (κ2) is 5.88. The number of Topliss-reactive ketones (excluding diaryl/α,β-unsaturated/α-hetero) is 1. The van der Waals surface area contributed by atoms with E-state index in [-0.39, 0.29) is 5.78 Å². The fraction of sp³-hybridized carbons (Fsp3) is 0.526. The van der Waals surface area contributed by atoms with Crippen LogP contribution in [0.15, 0.2) is 30.5 Å². The Labute approximate surface area is 131 Å². The number of H-pyrrole nitrogens is 1. The molecule has 2 aromatic rings. The highest BCUT2D eigenvalue weighted by molar-refractivity contribution is 6.08. The number of hydrogen-bond acceptors (Lipinski definition) is 2. The van der Waals surface area contributed by atoms with E-state index in [1.165, 1.54) is 44.9 Å². The van der Waals surface area contributed by atoms with Gasteiger partial charge in [0.2, 0.25) is 0 Å². The Bertz CT molecular complexity index is 665. The minimum atomic E-state index is 0.273. The van der Waals surface area contributed by atoms with Crippen LogP contribution in [0, 0.1) is 0 Å². The third-order valence-corrected chi connectivity index (χ3v) is 5.28. The van der Waals surface area contributed by atoms with E-state index in [4.69, 9.17) is 0 Å². The van der Waals surface area contributed by atoms with Crippen LogP contribution in [0.4, 0.5) is 0 Å². The Morgan fingerprint density at radius 1 is 1.05 bits per heavy atom. The molecule has 0 bridgehead atoms. The molecule has 0 spiro atoms. The Kier molecular flexibility index (Phi) is 3.75. The standard InChI is InChI=1S/C19H24N2O/c22-19(17-12-20-18-9-5-4-8-16(17)18)13-21(15-10-11-15)14-6-2-1-3-7-14/h4-5,8-9,12,14-15,20H,1-3,6-7,10-11,13H2. The highest BCUT2D eigenvalue weighted by atomic mass is 16.1. The lowest BCUT2D eigenvalue weighted by atomic mass is 9.93. The van der Waals surface area contributed by atoms with Crippen molar-refractivity contribution in [2.24, 2.45) is 0 Å². The van der Waals surface area contributed by atoms with Gasteiger partial charge in [0, 0.05) is 34.7 Å². The molecule has 116 valence electrons. The maximum atomic E-state index is 12.8. The topological polar surface area (TPSA) is 36.1 Å². The molecule has 22 heavy (non-hydrogen) atoms. The lowest BCUT2D eigenvalue weighted by molar-refractivity contribution is 0.0844. The first kappa shape index (κ1) is 14.0. The molecule has 3 nitrogen and oxygen atoms in total. The average Bonchev–Trinajstić information content (AvgIpc) is 3.31. The Balaban J connectivity index is 1.54. The predicted molar refractivity (Wildman–Crippen MR) is 89.2 cm³/mol. The van der Waals surface area contributed by atoms with E-state index in [0.717, 1.165) is 16.5 Å². The Hall–Kier alpha value is -1.61. The summed E-state index contributed by atoms with van der Waals surface area (Å²) in [7, 11) is 0. The van der Waals surface area contributed by atoms with Crippen LogP contribution in [0.5, 0.6) is 0 Å². The summed E-state index contributed by atoms with van der Waals surface area (Å²) in [6, 6.07) is 9.39. The van der Waals surface area contributed by atoms with E-state index < -0.39 is 0 Å². The lowest BCUT2D eigenvalue weighted by Crippen LogP contribution is -2.41. The van der Waals surface area contributed by atoms with Crippen LogP contribution in [0.3, 0.4) is 0 Å². The van der Waals surface area contributed by atoms with Crippen LogP contribution in [0.25, 0.3) is 10.9 Å². The third kappa shape index (κ3) is 2.70. The molecule has 2 saturated carbocycles. The van der Waals surface area contributed by atoms with Crippen molar-refractivity contribution >= 4 is 16.7 Å². The van der Waals surface area contributed by atoms with Crippen molar-refractivity contribution in [3.05, 3.63) is 36.0 Å². The quantitative estimate of drug-likeness (QED) is 0.841. The van der Waals surface area contributed by atoms with Gasteiger partial charge in [0.05, 0.1) is 6.54 Å². The molecule has 0 saturated heterocycles. The molecular formula is C19H24N2O. The number of hydrogen-bond donors (Lipinski definition) is 1. The molecular weight excluding hydrogens is 272 g/mol. The molecule has 0 radical (unpaired) electrons. The van der Waals surface area contributed by atoms with Gasteiger partial charge in [-0.1, -0.05) is 37.5 Å². The first-order chi connectivity index (χ1) is 10.8. The predicted octanol–water partition coefficient (Wildman–Crippen LogP) is 4.15. The van der Waals surface area contributed by atoms with Crippen LogP contribution in [0.1, 0.15) is 55.3 Å². The normalized spacial score (nSPS) is 19.9. The number of benzene rings is 1. The van der Waals surface area contributed by atoms with Crippen molar-refractivity contribution in [3.8, 4) is 0 Å². The molecule has 0 aliphatic heterocycles. The lowest BCUT2D eigenvalue weighted by Gasteiger charge is -2.34. The summed E-state index contributed by atoms with van der Waals surface area (Å²) < 4.78 is 0. The van der Waals surface area contributed by atoms with Crippen molar-refractivity contribution in [1.82, 2.24) is 9.88 Å². The number of rotatable bonds is 5. The minimum Gasteiger partial charge on any atom is -0.360 e. The highest BCUT2D eigenvalue weighted by Gasteiger charge is 2.35. The van der Waals surface area contributed by atoms with Crippen LogP contribution in [-0.4, -0.2) is 34.3 Å². The Morgan fingerprint density at radius 3 is 2.55 bits per heavy atom. The molecule has 2 fully saturated rings. The summed E-state index contributed by atoms with van der Waals surface area (Å²) in [6.07, 6.45) is 11.0. The zero-order valence-electron chi connectivity index (χ0n) is 13.1. The molecule has 1 aromatic carbocycles. The number of fused-ring (bicyclic) bond motifs is 1. The van der Waals surface area contributed by atoms with Crippen molar-refractivity contribution in [2.75, 3.05) is 6.54 Å². The Morgan fingerprint density at radius 2 is 1.77 bits per heavy atom. The van der Waals surface area contributed by atoms with Crippen LogP contribution < -0.4 is 0 Å². The summed E-state index contributed by atoms with van der Waals surface area (Å²) in [5.74, 6) is 0.273. The van der Waals surface area contributed by atoms with Crippen molar-refractivity contribution in [2.45, 2.75) is 57.0 Å². The molecule has 3 heteroatoms. The van der Waals surface area contributed by atoms with E-state index in [1.807, 2.05) is 30.5 Å². The van der Waals surface area contributed by atoms with Gasteiger partial charge in [-0.2, -0.15) is 0 Å². The molecule has 2 aliphatic rings. The van der Waals surface area contributed by atoms with Gasteiger partial charge in [0.15, 0.2) is 5.78 Å². The molecule has 0 atom stereocenters. The second-order valence-corrected chi connectivity index (χ2v) is 6.87. The molecule has 1 aromatic heterocycles. The first-order valence-electron chi connectivity index (χ1n) is 8.68. The van der Waals surface area contributed by atoms with E-state index in [2.05, 4.69) is 9.88 Å². The van der Waals surface area contributed by atoms with Gasteiger partial charge >= 0.3 is 0 Å².